The first kappa shape index (κ1) is 12.8. The maximum Gasteiger partial charge on any atom is 0.225 e. The topological polar surface area (TPSA) is 38.8 Å². The fraction of sp³-hybridized carbons (Fsp3) is 0.923. The molecule has 0 aromatic carbocycles. The Morgan fingerprint density at radius 2 is 1.65 bits per heavy atom. The van der Waals surface area contributed by atoms with Gasteiger partial charge in [0.05, 0.1) is 13.2 Å². The van der Waals surface area contributed by atoms with Crippen LogP contribution in [0.5, 0.6) is 0 Å². The summed E-state index contributed by atoms with van der Waals surface area (Å²) in [7, 11) is 0. The van der Waals surface area contributed by atoms with Crippen LogP contribution in [0.3, 0.4) is 0 Å². The Labute approximate surface area is 103 Å². The number of carbonyl (C=O) groups is 1. The van der Waals surface area contributed by atoms with E-state index < -0.39 is 0 Å². The van der Waals surface area contributed by atoms with Crippen LogP contribution in [0, 0.1) is 11.8 Å². The molecule has 0 radical (unpaired) electrons. The largest absolute Gasteiger partial charge is 0.347 e. The summed E-state index contributed by atoms with van der Waals surface area (Å²) in [5, 5.41) is 0. The van der Waals surface area contributed by atoms with Gasteiger partial charge < -0.3 is 14.4 Å². The van der Waals surface area contributed by atoms with Gasteiger partial charge in [0.2, 0.25) is 5.91 Å². The molecule has 2 saturated heterocycles. The fourth-order valence-electron chi connectivity index (χ4n) is 2.43. The fourth-order valence-corrected chi connectivity index (χ4v) is 2.43. The first-order chi connectivity index (χ1) is 8.04. The van der Waals surface area contributed by atoms with Crippen molar-refractivity contribution in [2.75, 3.05) is 26.3 Å². The van der Waals surface area contributed by atoms with Crippen LogP contribution < -0.4 is 0 Å². The smallest absolute Gasteiger partial charge is 0.225 e. The van der Waals surface area contributed by atoms with Crippen LogP contribution in [0.4, 0.5) is 0 Å². The van der Waals surface area contributed by atoms with Crippen molar-refractivity contribution >= 4 is 5.91 Å². The first-order valence-electron chi connectivity index (χ1n) is 6.61. The monoisotopic (exact) mass is 241 g/mol. The van der Waals surface area contributed by atoms with E-state index in [0.717, 1.165) is 25.9 Å². The van der Waals surface area contributed by atoms with Crippen molar-refractivity contribution < 1.29 is 14.3 Å². The van der Waals surface area contributed by atoms with Crippen LogP contribution in [-0.2, 0) is 14.3 Å². The molecule has 2 aliphatic rings. The third-order valence-electron chi connectivity index (χ3n) is 4.04. The van der Waals surface area contributed by atoms with Gasteiger partial charge in [-0.15, -0.1) is 0 Å². The van der Waals surface area contributed by atoms with Gasteiger partial charge >= 0.3 is 0 Å². The molecule has 98 valence electrons. The van der Waals surface area contributed by atoms with E-state index in [4.69, 9.17) is 9.47 Å². The molecule has 2 fully saturated rings. The van der Waals surface area contributed by atoms with E-state index in [1.54, 1.807) is 0 Å². The highest BCUT2D eigenvalue weighted by Gasteiger charge is 2.41. The summed E-state index contributed by atoms with van der Waals surface area (Å²) in [6, 6.07) is 0. The number of amides is 1. The maximum absolute atomic E-state index is 12.2. The van der Waals surface area contributed by atoms with Crippen LogP contribution in [0.1, 0.15) is 33.6 Å². The Balaban J connectivity index is 1.88. The normalized spacial score (nSPS) is 25.5. The number of likely N-dealkylation sites (tertiary alicyclic amines) is 1. The SMILES string of the molecule is CC(C)C(C)C(=O)N1CCC2(CC1)OCCO2. The lowest BCUT2D eigenvalue weighted by atomic mass is 9.94. The Morgan fingerprint density at radius 3 is 2.12 bits per heavy atom. The van der Waals surface area contributed by atoms with Crippen molar-refractivity contribution in [3.63, 3.8) is 0 Å². The number of rotatable bonds is 2. The zero-order valence-electron chi connectivity index (χ0n) is 11.1. The molecule has 1 amide bonds. The van der Waals surface area contributed by atoms with E-state index in [2.05, 4.69) is 13.8 Å². The number of nitrogens with zero attached hydrogens (tertiary/aromatic N) is 1. The molecule has 2 rings (SSSR count). The van der Waals surface area contributed by atoms with Crippen LogP contribution in [0.2, 0.25) is 0 Å². The van der Waals surface area contributed by atoms with Crippen LogP contribution in [0.15, 0.2) is 0 Å². The molecule has 0 aromatic heterocycles. The van der Waals surface area contributed by atoms with E-state index in [0.29, 0.717) is 19.1 Å². The van der Waals surface area contributed by atoms with Gasteiger partial charge in [-0.05, 0) is 5.92 Å². The molecular weight excluding hydrogens is 218 g/mol. The second-order valence-electron chi connectivity index (χ2n) is 5.47. The van der Waals surface area contributed by atoms with E-state index in [-0.39, 0.29) is 17.6 Å². The predicted molar refractivity (Wildman–Crippen MR) is 64.5 cm³/mol. The summed E-state index contributed by atoms with van der Waals surface area (Å²) < 4.78 is 11.3. The van der Waals surface area contributed by atoms with Crippen molar-refractivity contribution in [3.8, 4) is 0 Å². The van der Waals surface area contributed by atoms with Gasteiger partial charge in [0.15, 0.2) is 5.79 Å². The highest BCUT2D eigenvalue weighted by molar-refractivity contribution is 5.78. The summed E-state index contributed by atoms with van der Waals surface area (Å²) in [5.74, 6) is 0.400. The summed E-state index contributed by atoms with van der Waals surface area (Å²) in [6.07, 6.45) is 1.62. The lowest BCUT2D eigenvalue weighted by molar-refractivity contribution is -0.188. The quantitative estimate of drug-likeness (QED) is 0.738. The van der Waals surface area contributed by atoms with E-state index in [1.807, 2.05) is 11.8 Å². The first-order valence-corrected chi connectivity index (χ1v) is 6.61. The number of carbonyl (C=O) groups excluding carboxylic acids is 1. The van der Waals surface area contributed by atoms with Crippen molar-refractivity contribution in [2.24, 2.45) is 11.8 Å². The Morgan fingerprint density at radius 1 is 1.12 bits per heavy atom. The molecule has 0 N–H and O–H groups in total. The minimum absolute atomic E-state index is 0.106. The second-order valence-corrected chi connectivity index (χ2v) is 5.47. The molecule has 1 atom stereocenters. The molecule has 4 nitrogen and oxygen atoms in total. The van der Waals surface area contributed by atoms with Crippen LogP contribution >= 0.6 is 0 Å². The second kappa shape index (κ2) is 4.94. The van der Waals surface area contributed by atoms with E-state index in [1.165, 1.54) is 0 Å². The molecule has 17 heavy (non-hydrogen) atoms. The molecule has 4 heteroatoms. The van der Waals surface area contributed by atoms with Gasteiger partial charge in [-0.25, -0.2) is 0 Å². The zero-order valence-corrected chi connectivity index (χ0v) is 11.1. The van der Waals surface area contributed by atoms with Crippen molar-refractivity contribution in [1.29, 1.82) is 0 Å². The molecule has 0 bridgehead atoms. The zero-order chi connectivity index (χ0) is 12.5. The number of piperidine rings is 1. The van der Waals surface area contributed by atoms with Gasteiger partial charge in [-0.3, -0.25) is 4.79 Å². The lowest BCUT2D eigenvalue weighted by Gasteiger charge is -2.38. The maximum atomic E-state index is 12.2. The molecule has 2 heterocycles. The van der Waals surface area contributed by atoms with Crippen LogP contribution in [-0.4, -0.2) is 42.9 Å². The van der Waals surface area contributed by atoms with Crippen molar-refractivity contribution in [3.05, 3.63) is 0 Å². The minimum atomic E-state index is -0.377. The Kier molecular flexibility index (Phi) is 3.73. The summed E-state index contributed by atoms with van der Waals surface area (Å²) in [4.78, 5) is 14.1. The average molecular weight is 241 g/mol. The van der Waals surface area contributed by atoms with Gasteiger partial charge in [0.1, 0.15) is 0 Å². The number of hydrogen-bond acceptors (Lipinski definition) is 3. The lowest BCUT2D eigenvalue weighted by Crippen LogP contribution is -2.49. The molecule has 1 spiro atoms. The van der Waals surface area contributed by atoms with Gasteiger partial charge in [-0.2, -0.15) is 0 Å². The standard InChI is InChI=1S/C13H23NO3/c1-10(2)11(3)12(15)14-6-4-13(5-7-14)16-8-9-17-13/h10-11H,4-9H2,1-3H3. The molecule has 0 aromatic rings. The van der Waals surface area contributed by atoms with Crippen molar-refractivity contribution in [2.45, 2.75) is 39.4 Å². The molecule has 0 saturated carbocycles. The van der Waals surface area contributed by atoms with E-state index in [9.17, 15) is 4.79 Å². The molecular formula is C13H23NO3. The van der Waals surface area contributed by atoms with E-state index >= 15 is 0 Å². The molecule has 2 aliphatic heterocycles. The molecule has 0 aliphatic carbocycles. The van der Waals surface area contributed by atoms with Gasteiger partial charge in [0.25, 0.3) is 0 Å². The minimum Gasteiger partial charge on any atom is -0.347 e. The average Bonchev–Trinajstić information content (AvgIpc) is 2.76. The Hall–Kier alpha value is -0.610. The highest BCUT2D eigenvalue weighted by Crippen LogP contribution is 2.32. The highest BCUT2D eigenvalue weighted by atomic mass is 16.7. The predicted octanol–water partition coefficient (Wildman–Crippen LogP) is 1.64. The van der Waals surface area contributed by atoms with Crippen molar-refractivity contribution in [1.82, 2.24) is 4.90 Å². The third kappa shape index (κ3) is 2.63. The van der Waals surface area contributed by atoms with Crippen LogP contribution in [0.25, 0.3) is 0 Å². The third-order valence-corrected chi connectivity index (χ3v) is 4.04. The summed E-state index contributed by atoms with van der Waals surface area (Å²) in [6.45, 7) is 9.10. The van der Waals surface area contributed by atoms with Gasteiger partial charge in [0, 0.05) is 31.8 Å². The van der Waals surface area contributed by atoms with Gasteiger partial charge in [-0.1, -0.05) is 20.8 Å². The summed E-state index contributed by atoms with van der Waals surface area (Å²) >= 11 is 0. The number of hydrogen-bond donors (Lipinski definition) is 0. The summed E-state index contributed by atoms with van der Waals surface area (Å²) in [5.41, 5.74) is 0. The number of ether oxygens (including phenoxy) is 2. The Bertz CT molecular complexity index is 274. The molecule has 1 unspecified atom stereocenters.